The molecule has 10 heteroatoms. The normalized spacial score (nSPS) is 11.9. The summed E-state index contributed by atoms with van der Waals surface area (Å²) in [7, 11) is 0.0333. The van der Waals surface area contributed by atoms with Crippen LogP contribution in [0.25, 0.3) is 0 Å². The highest BCUT2D eigenvalue weighted by molar-refractivity contribution is 5.98. The van der Waals surface area contributed by atoms with Crippen molar-refractivity contribution in [3.63, 3.8) is 0 Å². The zero-order valence-corrected chi connectivity index (χ0v) is 12.2. The molecule has 114 valence electrons. The van der Waals surface area contributed by atoms with Gasteiger partial charge >= 0.3 is 0 Å². The SMILES string of the molecule is OC(O)(CCCOc1c(F)c(F)c(F)c(F)c1F)O[SiH3]. The van der Waals surface area contributed by atoms with Crippen molar-refractivity contribution >= 4 is 10.5 Å². The van der Waals surface area contributed by atoms with E-state index >= 15 is 0 Å². The maximum absolute atomic E-state index is 13.2. The van der Waals surface area contributed by atoms with E-state index in [-0.39, 0.29) is 23.3 Å². The van der Waals surface area contributed by atoms with Gasteiger partial charge in [-0.25, -0.2) is 13.2 Å². The number of benzene rings is 1. The summed E-state index contributed by atoms with van der Waals surface area (Å²) in [5.74, 6) is -14.5. The standard InChI is InChI=1S/C10H11F5O4Si/c11-4-5(12)7(14)9(8(15)6(4)13)18-3-1-2-10(16,17)19-20/h16-17H,1-3H2,20H3. The van der Waals surface area contributed by atoms with E-state index in [9.17, 15) is 22.0 Å². The molecule has 0 spiro atoms. The average Bonchev–Trinajstić information content (AvgIpc) is 2.42. The van der Waals surface area contributed by atoms with E-state index in [0.29, 0.717) is 0 Å². The van der Waals surface area contributed by atoms with Gasteiger partial charge < -0.3 is 19.4 Å². The fourth-order valence-corrected chi connectivity index (χ4v) is 1.49. The van der Waals surface area contributed by atoms with Crippen molar-refractivity contribution in [2.24, 2.45) is 0 Å². The molecule has 1 aromatic carbocycles. The summed E-state index contributed by atoms with van der Waals surface area (Å²) in [5.41, 5.74) is 0. The molecule has 0 amide bonds. The summed E-state index contributed by atoms with van der Waals surface area (Å²) in [6, 6.07) is 0. The van der Waals surface area contributed by atoms with Crippen LogP contribution in [-0.4, -0.2) is 33.3 Å². The molecule has 0 atom stereocenters. The molecule has 0 saturated heterocycles. The Morgan fingerprint density at radius 3 is 1.80 bits per heavy atom. The van der Waals surface area contributed by atoms with E-state index in [1.54, 1.807) is 0 Å². The van der Waals surface area contributed by atoms with Crippen LogP contribution in [0.2, 0.25) is 0 Å². The van der Waals surface area contributed by atoms with Crippen molar-refractivity contribution in [1.29, 1.82) is 0 Å². The largest absolute Gasteiger partial charge is 0.487 e. The molecule has 2 N–H and O–H groups in total. The van der Waals surface area contributed by atoms with E-state index in [1.165, 1.54) is 0 Å². The minimum atomic E-state index is -2.40. The number of hydrogen-bond donors (Lipinski definition) is 2. The van der Waals surface area contributed by atoms with Gasteiger partial charge in [-0.3, -0.25) is 0 Å². The third kappa shape index (κ3) is 3.66. The van der Waals surface area contributed by atoms with Gasteiger partial charge in [-0.05, 0) is 6.42 Å². The van der Waals surface area contributed by atoms with Gasteiger partial charge in [0.1, 0.15) is 0 Å². The first-order valence-electron chi connectivity index (χ1n) is 5.35. The molecule has 0 aliphatic heterocycles. The van der Waals surface area contributed by atoms with Crippen molar-refractivity contribution in [2.75, 3.05) is 6.61 Å². The molecule has 0 aliphatic carbocycles. The summed E-state index contributed by atoms with van der Waals surface area (Å²) in [6.07, 6.45) is -0.499. The number of halogens is 5. The molecular weight excluding hydrogens is 307 g/mol. The molecule has 20 heavy (non-hydrogen) atoms. The monoisotopic (exact) mass is 318 g/mol. The smallest absolute Gasteiger partial charge is 0.267 e. The minimum absolute atomic E-state index is 0.0333. The Balaban J connectivity index is 2.75. The molecule has 0 aromatic heterocycles. The lowest BCUT2D eigenvalue weighted by atomic mass is 10.2. The Hall–Kier alpha value is -1.23. The van der Waals surface area contributed by atoms with Crippen molar-refractivity contribution in [3.05, 3.63) is 29.1 Å². The van der Waals surface area contributed by atoms with Crippen LogP contribution in [0.3, 0.4) is 0 Å². The third-order valence-electron chi connectivity index (χ3n) is 2.39. The van der Waals surface area contributed by atoms with Gasteiger partial charge in [0, 0.05) is 6.42 Å². The topological polar surface area (TPSA) is 58.9 Å². The van der Waals surface area contributed by atoms with Crippen LogP contribution in [0.4, 0.5) is 22.0 Å². The molecular formula is C10H11F5O4Si. The van der Waals surface area contributed by atoms with E-state index in [1.807, 2.05) is 0 Å². The molecule has 1 aromatic rings. The number of hydrogen-bond acceptors (Lipinski definition) is 4. The molecule has 4 nitrogen and oxygen atoms in total. The second-order valence-corrected chi connectivity index (χ2v) is 4.21. The van der Waals surface area contributed by atoms with Gasteiger partial charge in [-0.2, -0.15) is 8.78 Å². The van der Waals surface area contributed by atoms with Crippen LogP contribution >= 0.6 is 0 Å². The van der Waals surface area contributed by atoms with Gasteiger partial charge in [0.15, 0.2) is 16.2 Å². The predicted molar refractivity (Wildman–Crippen MR) is 59.2 cm³/mol. The van der Waals surface area contributed by atoms with E-state index < -0.39 is 47.4 Å². The highest BCUT2D eigenvalue weighted by atomic mass is 28.2. The highest BCUT2D eigenvalue weighted by Crippen LogP contribution is 2.29. The van der Waals surface area contributed by atoms with Crippen molar-refractivity contribution < 1.29 is 41.3 Å². The lowest BCUT2D eigenvalue weighted by Gasteiger charge is -2.19. The second-order valence-electron chi connectivity index (χ2n) is 3.80. The molecule has 0 radical (unpaired) electrons. The zero-order valence-electron chi connectivity index (χ0n) is 10.2. The van der Waals surface area contributed by atoms with Crippen LogP contribution < -0.4 is 4.74 Å². The van der Waals surface area contributed by atoms with Gasteiger partial charge in [-0.15, -0.1) is 0 Å². The number of ether oxygens (including phenoxy) is 1. The Labute approximate surface area is 113 Å². The molecule has 0 heterocycles. The summed E-state index contributed by atoms with van der Waals surface area (Å²) in [5, 5.41) is 18.1. The van der Waals surface area contributed by atoms with Crippen LogP contribution in [0.15, 0.2) is 0 Å². The van der Waals surface area contributed by atoms with Crippen LogP contribution in [0, 0.1) is 29.1 Å². The Morgan fingerprint density at radius 2 is 1.35 bits per heavy atom. The van der Waals surface area contributed by atoms with Crippen molar-refractivity contribution in [2.45, 2.75) is 18.8 Å². The number of rotatable bonds is 6. The molecule has 0 unspecified atom stereocenters. The fraction of sp³-hybridized carbons (Fsp3) is 0.400. The Morgan fingerprint density at radius 1 is 0.900 bits per heavy atom. The zero-order chi connectivity index (χ0) is 15.5. The molecule has 0 fully saturated rings. The quantitative estimate of drug-likeness (QED) is 0.200. The highest BCUT2D eigenvalue weighted by Gasteiger charge is 2.27. The molecule has 0 aliphatic rings. The second kappa shape index (κ2) is 6.48. The number of aliphatic hydroxyl groups is 2. The summed E-state index contributed by atoms with van der Waals surface area (Å²) < 4.78 is 73.5. The first kappa shape index (κ1) is 16.8. The van der Waals surface area contributed by atoms with Crippen LogP contribution in [0.5, 0.6) is 5.75 Å². The maximum Gasteiger partial charge on any atom is 0.267 e. The summed E-state index contributed by atoms with van der Waals surface area (Å²) in [6.45, 7) is -0.494. The molecule has 0 bridgehead atoms. The first-order chi connectivity index (χ1) is 9.21. The Bertz CT molecular complexity index is 468. The lowest BCUT2D eigenvalue weighted by Crippen LogP contribution is -2.31. The average molecular weight is 318 g/mol. The van der Waals surface area contributed by atoms with E-state index in [4.69, 9.17) is 10.2 Å². The lowest BCUT2D eigenvalue weighted by molar-refractivity contribution is -0.295. The molecule has 0 saturated carbocycles. The van der Waals surface area contributed by atoms with Crippen molar-refractivity contribution in [3.8, 4) is 5.75 Å². The van der Waals surface area contributed by atoms with Gasteiger partial charge in [0.2, 0.25) is 29.1 Å². The maximum atomic E-state index is 13.2. The molecule has 1 rings (SSSR count). The summed E-state index contributed by atoms with van der Waals surface area (Å²) >= 11 is 0. The van der Waals surface area contributed by atoms with Gasteiger partial charge in [-0.1, -0.05) is 0 Å². The predicted octanol–water partition coefficient (Wildman–Crippen LogP) is 0.476. The minimum Gasteiger partial charge on any atom is -0.487 e. The first-order valence-corrected chi connectivity index (χ1v) is 6.17. The summed E-state index contributed by atoms with van der Waals surface area (Å²) in [4.78, 5) is 0. The van der Waals surface area contributed by atoms with Crippen LogP contribution in [-0.2, 0) is 4.43 Å². The fourth-order valence-electron chi connectivity index (χ4n) is 1.29. The van der Waals surface area contributed by atoms with E-state index in [0.717, 1.165) is 0 Å². The Kier molecular flexibility index (Phi) is 5.45. The van der Waals surface area contributed by atoms with Crippen LogP contribution in [0.1, 0.15) is 12.8 Å². The van der Waals surface area contributed by atoms with Crippen molar-refractivity contribution in [1.82, 2.24) is 0 Å². The van der Waals surface area contributed by atoms with Gasteiger partial charge in [0.25, 0.3) is 5.97 Å². The van der Waals surface area contributed by atoms with E-state index in [2.05, 4.69) is 9.16 Å². The van der Waals surface area contributed by atoms with Gasteiger partial charge in [0.05, 0.1) is 6.61 Å². The third-order valence-corrected chi connectivity index (χ3v) is 3.04.